The lowest BCUT2D eigenvalue weighted by Crippen LogP contribution is -2.23. The van der Waals surface area contributed by atoms with Crippen molar-refractivity contribution in [2.75, 3.05) is 11.5 Å². The minimum Gasteiger partial charge on any atom is -0.454 e. The number of fused-ring (bicyclic) bond motifs is 1. The number of carbonyl (C=O) groups is 1. The van der Waals surface area contributed by atoms with Gasteiger partial charge in [0, 0.05) is 12.1 Å². The maximum atomic E-state index is 12.6. The molecule has 0 fully saturated rings. The van der Waals surface area contributed by atoms with Crippen molar-refractivity contribution < 1.29 is 22.7 Å². The molecule has 4 rings (SSSR count). The fourth-order valence-corrected chi connectivity index (χ4v) is 4.36. The average Bonchev–Trinajstić information content (AvgIpc) is 3.21. The number of aryl methyl sites for hydroxylation is 1. The van der Waals surface area contributed by atoms with E-state index in [1.165, 1.54) is 30.3 Å². The van der Waals surface area contributed by atoms with Crippen LogP contribution in [0, 0.1) is 6.92 Å². The van der Waals surface area contributed by atoms with Gasteiger partial charge in [-0.05, 0) is 55.0 Å². The Bertz CT molecular complexity index is 1240. The number of sulfonamides is 1. The van der Waals surface area contributed by atoms with Gasteiger partial charge in [-0.1, -0.05) is 35.4 Å². The van der Waals surface area contributed by atoms with Gasteiger partial charge < -0.3 is 14.8 Å². The number of amides is 1. The topological polar surface area (TPSA) is 93.7 Å². The molecule has 0 aliphatic carbocycles. The van der Waals surface area contributed by atoms with Crippen molar-refractivity contribution in [3.63, 3.8) is 0 Å². The highest BCUT2D eigenvalue weighted by Gasteiger charge is 2.17. The van der Waals surface area contributed by atoms with Gasteiger partial charge in [0.25, 0.3) is 15.9 Å². The first-order valence-electron chi connectivity index (χ1n) is 9.37. The smallest absolute Gasteiger partial charge is 0.261 e. The van der Waals surface area contributed by atoms with E-state index in [1.54, 1.807) is 24.3 Å². The Morgan fingerprint density at radius 1 is 1.00 bits per heavy atom. The summed E-state index contributed by atoms with van der Waals surface area (Å²) >= 11 is 6.24. The zero-order valence-electron chi connectivity index (χ0n) is 16.5. The molecule has 1 amide bonds. The Balaban J connectivity index is 1.43. The van der Waals surface area contributed by atoms with Crippen LogP contribution in [0.1, 0.15) is 21.5 Å². The number of ether oxygens (including phenoxy) is 2. The highest BCUT2D eigenvalue weighted by molar-refractivity contribution is 7.92. The van der Waals surface area contributed by atoms with E-state index in [0.29, 0.717) is 17.1 Å². The van der Waals surface area contributed by atoms with Gasteiger partial charge in [-0.3, -0.25) is 9.52 Å². The summed E-state index contributed by atoms with van der Waals surface area (Å²) in [4.78, 5) is 12.6. The first kappa shape index (κ1) is 21.0. The molecule has 0 aromatic heterocycles. The third-order valence-corrected chi connectivity index (χ3v) is 6.39. The molecule has 1 aliphatic heterocycles. The zero-order valence-corrected chi connectivity index (χ0v) is 18.1. The van der Waals surface area contributed by atoms with E-state index in [0.717, 1.165) is 11.1 Å². The lowest BCUT2D eigenvalue weighted by molar-refractivity contribution is 0.0951. The molecule has 31 heavy (non-hydrogen) atoms. The van der Waals surface area contributed by atoms with Gasteiger partial charge in [0.05, 0.1) is 15.6 Å². The van der Waals surface area contributed by atoms with Crippen LogP contribution < -0.4 is 19.5 Å². The van der Waals surface area contributed by atoms with Crippen molar-refractivity contribution in [1.29, 1.82) is 0 Å². The van der Waals surface area contributed by atoms with E-state index in [-0.39, 0.29) is 34.9 Å². The maximum absolute atomic E-state index is 12.6. The molecule has 0 saturated carbocycles. The predicted molar refractivity (Wildman–Crippen MR) is 117 cm³/mol. The maximum Gasteiger partial charge on any atom is 0.261 e. The minimum absolute atomic E-state index is 0.117. The molecule has 3 aromatic rings. The van der Waals surface area contributed by atoms with Crippen molar-refractivity contribution >= 4 is 33.2 Å². The van der Waals surface area contributed by atoms with Crippen LogP contribution in [0.15, 0.2) is 65.6 Å². The molecule has 0 saturated heterocycles. The van der Waals surface area contributed by atoms with Gasteiger partial charge in [-0.15, -0.1) is 0 Å². The summed E-state index contributed by atoms with van der Waals surface area (Å²) in [5.41, 5.74) is 2.30. The minimum atomic E-state index is -3.79. The van der Waals surface area contributed by atoms with Crippen LogP contribution >= 0.6 is 11.6 Å². The van der Waals surface area contributed by atoms with Crippen LogP contribution in [0.4, 0.5) is 5.69 Å². The van der Waals surface area contributed by atoms with Gasteiger partial charge in [0.15, 0.2) is 11.5 Å². The summed E-state index contributed by atoms with van der Waals surface area (Å²) in [7, 11) is -3.79. The standard InChI is InChI=1S/C22H19ClN2O5S/c1-14-2-6-17(7-3-14)31(27,28)25-19-8-5-16(11-18(19)23)22(26)24-12-15-4-9-20-21(10-15)30-13-29-20/h2-11,25H,12-13H2,1H3,(H,24,26). The fraction of sp³-hybridized carbons (Fsp3) is 0.136. The number of hydrogen-bond donors (Lipinski definition) is 2. The van der Waals surface area contributed by atoms with E-state index in [2.05, 4.69) is 10.0 Å². The lowest BCUT2D eigenvalue weighted by Gasteiger charge is -2.11. The number of hydrogen-bond acceptors (Lipinski definition) is 5. The number of benzene rings is 3. The van der Waals surface area contributed by atoms with Crippen LogP contribution in [-0.2, 0) is 16.6 Å². The third kappa shape index (κ3) is 4.76. The van der Waals surface area contributed by atoms with Crippen molar-refractivity contribution in [1.82, 2.24) is 5.32 Å². The van der Waals surface area contributed by atoms with Crippen molar-refractivity contribution in [3.8, 4) is 11.5 Å². The highest BCUT2D eigenvalue weighted by atomic mass is 35.5. The molecule has 0 atom stereocenters. The molecular formula is C22H19ClN2O5S. The SMILES string of the molecule is Cc1ccc(S(=O)(=O)Nc2ccc(C(=O)NCc3ccc4c(c3)OCO4)cc2Cl)cc1. The van der Waals surface area contributed by atoms with E-state index in [9.17, 15) is 13.2 Å². The largest absolute Gasteiger partial charge is 0.454 e. The summed E-state index contributed by atoms with van der Waals surface area (Å²) in [5.74, 6) is 0.970. The van der Waals surface area contributed by atoms with Crippen molar-refractivity contribution in [2.45, 2.75) is 18.4 Å². The number of halogens is 1. The number of anilines is 1. The second-order valence-corrected chi connectivity index (χ2v) is 9.07. The van der Waals surface area contributed by atoms with Crippen molar-refractivity contribution in [3.05, 3.63) is 82.4 Å². The van der Waals surface area contributed by atoms with Gasteiger partial charge in [-0.2, -0.15) is 0 Å². The van der Waals surface area contributed by atoms with Crippen molar-refractivity contribution in [2.24, 2.45) is 0 Å². The fourth-order valence-electron chi connectivity index (χ4n) is 3.00. The molecule has 3 aromatic carbocycles. The molecule has 0 bridgehead atoms. The Labute approximate surface area is 185 Å². The first-order valence-corrected chi connectivity index (χ1v) is 11.2. The molecule has 1 heterocycles. The number of carbonyl (C=O) groups excluding carboxylic acids is 1. The van der Waals surface area contributed by atoms with Gasteiger partial charge in [0.1, 0.15) is 0 Å². The Kier molecular flexibility index (Phi) is 5.75. The summed E-state index contributed by atoms with van der Waals surface area (Å²) in [6, 6.07) is 16.3. The quantitative estimate of drug-likeness (QED) is 0.579. The predicted octanol–water partition coefficient (Wildman–Crippen LogP) is 4.11. The van der Waals surface area contributed by atoms with Crippen LogP contribution in [0.25, 0.3) is 0 Å². The molecular weight excluding hydrogens is 440 g/mol. The summed E-state index contributed by atoms with van der Waals surface area (Å²) in [6.45, 7) is 2.34. The molecule has 0 spiro atoms. The van der Waals surface area contributed by atoms with Crippen LogP contribution in [-0.4, -0.2) is 21.1 Å². The summed E-state index contributed by atoms with van der Waals surface area (Å²) < 4.78 is 38.2. The second-order valence-electron chi connectivity index (χ2n) is 6.98. The number of nitrogens with one attached hydrogen (secondary N) is 2. The Hall–Kier alpha value is -3.23. The van der Waals surface area contributed by atoms with E-state index >= 15 is 0 Å². The zero-order chi connectivity index (χ0) is 22.0. The molecule has 9 heteroatoms. The van der Waals surface area contributed by atoms with Gasteiger partial charge >= 0.3 is 0 Å². The molecule has 7 nitrogen and oxygen atoms in total. The monoisotopic (exact) mass is 458 g/mol. The second kappa shape index (κ2) is 8.49. The van der Waals surface area contributed by atoms with Gasteiger partial charge in [0.2, 0.25) is 6.79 Å². The lowest BCUT2D eigenvalue weighted by atomic mass is 10.1. The average molecular weight is 459 g/mol. The first-order chi connectivity index (χ1) is 14.8. The van der Waals surface area contributed by atoms with Crippen LogP contribution in [0.5, 0.6) is 11.5 Å². The molecule has 2 N–H and O–H groups in total. The van der Waals surface area contributed by atoms with Crippen LogP contribution in [0.2, 0.25) is 5.02 Å². The van der Waals surface area contributed by atoms with E-state index < -0.39 is 10.0 Å². The Morgan fingerprint density at radius 3 is 2.48 bits per heavy atom. The number of rotatable bonds is 6. The van der Waals surface area contributed by atoms with E-state index in [1.807, 2.05) is 13.0 Å². The summed E-state index contributed by atoms with van der Waals surface area (Å²) in [6.07, 6.45) is 0. The normalized spacial score (nSPS) is 12.5. The third-order valence-electron chi connectivity index (χ3n) is 4.70. The van der Waals surface area contributed by atoms with Gasteiger partial charge in [-0.25, -0.2) is 8.42 Å². The highest BCUT2D eigenvalue weighted by Crippen LogP contribution is 2.32. The Morgan fingerprint density at radius 2 is 1.74 bits per heavy atom. The molecule has 0 radical (unpaired) electrons. The molecule has 1 aliphatic rings. The molecule has 0 unspecified atom stereocenters. The van der Waals surface area contributed by atoms with E-state index in [4.69, 9.17) is 21.1 Å². The van der Waals surface area contributed by atoms with Crippen LogP contribution in [0.3, 0.4) is 0 Å². The molecule has 160 valence electrons. The summed E-state index contributed by atoms with van der Waals surface area (Å²) in [5, 5.41) is 2.92.